The zero-order valence-corrected chi connectivity index (χ0v) is 6.42. The number of hydrogen-bond acceptors (Lipinski definition) is 2. The number of hydrogen-bond donors (Lipinski definition) is 0. The highest BCUT2D eigenvalue weighted by atomic mass is 15.5. The molecule has 0 radical (unpaired) electrons. The third kappa shape index (κ3) is 5.00. The molecule has 0 saturated heterocycles. The van der Waals surface area contributed by atoms with Crippen LogP contribution in [0.3, 0.4) is 0 Å². The second-order valence-electron chi connectivity index (χ2n) is 1.97. The van der Waals surface area contributed by atoms with Gasteiger partial charge in [-0.15, -0.1) is 5.11 Å². The SMILES string of the molecule is C/C=C(\C)N=NN(C)C. The monoisotopic (exact) mass is 127 g/mol. The first-order valence-corrected chi connectivity index (χ1v) is 2.88. The minimum atomic E-state index is 0.934. The molecule has 0 rings (SSSR count). The van der Waals surface area contributed by atoms with E-state index >= 15 is 0 Å². The van der Waals surface area contributed by atoms with Gasteiger partial charge < -0.3 is 0 Å². The molecule has 0 N–H and O–H groups in total. The van der Waals surface area contributed by atoms with Crippen LogP contribution in [0, 0.1) is 0 Å². The molecule has 0 spiro atoms. The first kappa shape index (κ1) is 8.14. The molecule has 0 saturated carbocycles. The van der Waals surface area contributed by atoms with E-state index in [0.717, 1.165) is 5.70 Å². The maximum Gasteiger partial charge on any atom is 0.0574 e. The molecule has 0 aliphatic carbocycles. The van der Waals surface area contributed by atoms with Crippen LogP contribution in [0.25, 0.3) is 0 Å². The van der Waals surface area contributed by atoms with Gasteiger partial charge in [0.1, 0.15) is 0 Å². The van der Waals surface area contributed by atoms with E-state index in [-0.39, 0.29) is 0 Å². The topological polar surface area (TPSA) is 28.0 Å². The van der Waals surface area contributed by atoms with Crippen LogP contribution in [0.15, 0.2) is 22.1 Å². The van der Waals surface area contributed by atoms with Crippen LogP contribution in [-0.4, -0.2) is 19.1 Å². The van der Waals surface area contributed by atoms with E-state index in [1.54, 1.807) is 5.01 Å². The van der Waals surface area contributed by atoms with Crippen molar-refractivity contribution in [1.29, 1.82) is 0 Å². The summed E-state index contributed by atoms with van der Waals surface area (Å²) >= 11 is 0. The van der Waals surface area contributed by atoms with Gasteiger partial charge in [0.2, 0.25) is 0 Å². The molecule has 0 bridgehead atoms. The molecule has 0 aliphatic rings. The maximum absolute atomic E-state index is 3.85. The van der Waals surface area contributed by atoms with Crippen LogP contribution in [0.2, 0.25) is 0 Å². The zero-order chi connectivity index (χ0) is 7.28. The first-order valence-electron chi connectivity index (χ1n) is 2.88. The summed E-state index contributed by atoms with van der Waals surface area (Å²) in [7, 11) is 3.68. The summed E-state index contributed by atoms with van der Waals surface area (Å²) in [6, 6.07) is 0. The molecule has 0 aliphatic heterocycles. The summed E-state index contributed by atoms with van der Waals surface area (Å²) in [6.45, 7) is 3.84. The van der Waals surface area contributed by atoms with E-state index in [2.05, 4.69) is 10.3 Å². The van der Waals surface area contributed by atoms with Crippen molar-refractivity contribution in [3.63, 3.8) is 0 Å². The number of rotatable bonds is 2. The predicted octanol–water partition coefficient (Wildman–Crippen LogP) is 1.84. The predicted molar refractivity (Wildman–Crippen MR) is 38.0 cm³/mol. The van der Waals surface area contributed by atoms with Crippen molar-refractivity contribution in [2.24, 2.45) is 10.3 Å². The van der Waals surface area contributed by atoms with Crippen molar-refractivity contribution in [2.45, 2.75) is 13.8 Å². The van der Waals surface area contributed by atoms with Gasteiger partial charge in [0.05, 0.1) is 5.70 Å². The van der Waals surface area contributed by atoms with E-state index in [0.29, 0.717) is 0 Å². The van der Waals surface area contributed by atoms with Gasteiger partial charge >= 0.3 is 0 Å². The smallest absolute Gasteiger partial charge is 0.0574 e. The fourth-order valence-corrected chi connectivity index (χ4v) is 0.218. The highest BCUT2D eigenvalue weighted by molar-refractivity contribution is 4.90. The minimum absolute atomic E-state index is 0.934. The molecular formula is C6H13N3. The Bertz CT molecular complexity index is 124. The molecule has 0 heterocycles. The van der Waals surface area contributed by atoms with E-state index in [1.165, 1.54) is 0 Å². The fraction of sp³-hybridized carbons (Fsp3) is 0.667. The number of allylic oxidation sites excluding steroid dienone is 2. The molecule has 0 aromatic rings. The van der Waals surface area contributed by atoms with Crippen LogP contribution >= 0.6 is 0 Å². The second-order valence-corrected chi connectivity index (χ2v) is 1.97. The summed E-state index contributed by atoms with van der Waals surface area (Å²) in [5.74, 6) is 0. The summed E-state index contributed by atoms with van der Waals surface area (Å²) in [5.41, 5.74) is 0.934. The van der Waals surface area contributed by atoms with Gasteiger partial charge in [-0.2, -0.15) is 0 Å². The van der Waals surface area contributed by atoms with Gasteiger partial charge in [-0.3, -0.25) is 5.01 Å². The Morgan fingerprint density at radius 1 is 1.44 bits per heavy atom. The van der Waals surface area contributed by atoms with Gasteiger partial charge in [0.15, 0.2) is 0 Å². The minimum Gasteiger partial charge on any atom is -0.285 e. The Hall–Kier alpha value is -0.860. The fourth-order valence-electron chi connectivity index (χ4n) is 0.218. The summed E-state index contributed by atoms with van der Waals surface area (Å²) < 4.78 is 0. The van der Waals surface area contributed by atoms with E-state index in [9.17, 15) is 0 Å². The molecule has 52 valence electrons. The Balaban J connectivity index is 3.71. The van der Waals surface area contributed by atoms with Crippen molar-refractivity contribution >= 4 is 0 Å². The van der Waals surface area contributed by atoms with Crippen LogP contribution in [0.4, 0.5) is 0 Å². The summed E-state index contributed by atoms with van der Waals surface area (Å²) in [5, 5.41) is 9.30. The maximum atomic E-state index is 3.85. The quantitative estimate of drug-likeness (QED) is 0.411. The van der Waals surface area contributed by atoms with Gasteiger partial charge in [0, 0.05) is 14.1 Å². The van der Waals surface area contributed by atoms with Crippen LogP contribution < -0.4 is 0 Å². The lowest BCUT2D eigenvalue weighted by atomic mass is 10.5. The van der Waals surface area contributed by atoms with Crippen molar-refractivity contribution < 1.29 is 0 Å². The van der Waals surface area contributed by atoms with Crippen LogP contribution in [0.1, 0.15) is 13.8 Å². The lowest BCUT2D eigenvalue weighted by Crippen LogP contribution is -1.99. The summed E-state index contributed by atoms with van der Waals surface area (Å²) in [6.07, 6.45) is 1.91. The number of nitrogens with zero attached hydrogens (tertiary/aromatic N) is 3. The molecular weight excluding hydrogens is 114 g/mol. The van der Waals surface area contributed by atoms with Gasteiger partial charge in [0.25, 0.3) is 0 Å². The normalized spacial score (nSPS) is 12.7. The molecule has 0 fully saturated rings. The van der Waals surface area contributed by atoms with Crippen LogP contribution in [-0.2, 0) is 0 Å². The largest absolute Gasteiger partial charge is 0.285 e. The van der Waals surface area contributed by atoms with Crippen molar-refractivity contribution in [1.82, 2.24) is 5.01 Å². The van der Waals surface area contributed by atoms with Gasteiger partial charge in [-0.1, -0.05) is 11.3 Å². The summed E-state index contributed by atoms with van der Waals surface area (Å²) in [4.78, 5) is 0. The Kier molecular flexibility index (Phi) is 3.67. The first-order chi connectivity index (χ1) is 4.16. The van der Waals surface area contributed by atoms with Crippen molar-refractivity contribution in [3.05, 3.63) is 11.8 Å². The van der Waals surface area contributed by atoms with Crippen LogP contribution in [0.5, 0.6) is 0 Å². The Morgan fingerprint density at radius 3 is 2.33 bits per heavy atom. The van der Waals surface area contributed by atoms with E-state index in [1.807, 2.05) is 34.0 Å². The molecule has 0 amide bonds. The molecule has 0 aromatic carbocycles. The lowest BCUT2D eigenvalue weighted by Gasteiger charge is -1.98. The molecule has 3 heteroatoms. The highest BCUT2D eigenvalue weighted by Crippen LogP contribution is 1.94. The standard InChI is InChI=1S/C6H13N3/c1-5-6(2)7-8-9(3)4/h5H,1-4H3/b6-5+,8-7?. The molecule has 0 atom stereocenters. The molecule has 0 aromatic heterocycles. The van der Waals surface area contributed by atoms with Crippen molar-refractivity contribution in [2.75, 3.05) is 14.1 Å². The van der Waals surface area contributed by atoms with Crippen molar-refractivity contribution in [3.8, 4) is 0 Å². The Morgan fingerprint density at radius 2 is 2.00 bits per heavy atom. The van der Waals surface area contributed by atoms with E-state index in [4.69, 9.17) is 0 Å². The van der Waals surface area contributed by atoms with Gasteiger partial charge in [-0.25, -0.2) is 0 Å². The Labute approximate surface area is 56.1 Å². The highest BCUT2D eigenvalue weighted by Gasteiger charge is 1.79. The van der Waals surface area contributed by atoms with Gasteiger partial charge in [-0.05, 0) is 13.8 Å². The molecule has 0 unspecified atom stereocenters. The molecule has 9 heavy (non-hydrogen) atoms. The lowest BCUT2D eigenvalue weighted by molar-refractivity contribution is 0.405. The van der Waals surface area contributed by atoms with E-state index < -0.39 is 0 Å². The average molecular weight is 127 g/mol. The third-order valence-corrected chi connectivity index (χ3v) is 0.799. The third-order valence-electron chi connectivity index (χ3n) is 0.799. The zero-order valence-electron chi connectivity index (χ0n) is 6.42. The second kappa shape index (κ2) is 4.06. The average Bonchev–Trinajstić information content (AvgIpc) is 1.83. The molecule has 3 nitrogen and oxygen atoms in total.